The molecule has 8 nitrogen and oxygen atoms in total. The summed E-state index contributed by atoms with van der Waals surface area (Å²) in [5.41, 5.74) is 2.29. The van der Waals surface area contributed by atoms with E-state index < -0.39 is 22.1 Å². The second kappa shape index (κ2) is 8.74. The predicted molar refractivity (Wildman–Crippen MR) is 130 cm³/mol. The number of nitrogens with zero attached hydrogens (tertiary/aromatic N) is 2. The molecule has 0 fully saturated rings. The van der Waals surface area contributed by atoms with E-state index >= 15 is 0 Å². The summed E-state index contributed by atoms with van der Waals surface area (Å²) in [7, 11) is -2.47. The van der Waals surface area contributed by atoms with Gasteiger partial charge < -0.3 is 14.4 Å². The molecule has 5 rings (SSSR count). The molecule has 2 aliphatic heterocycles. The van der Waals surface area contributed by atoms with Crippen LogP contribution in [0.1, 0.15) is 22.8 Å². The van der Waals surface area contributed by atoms with Crippen LogP contribution in [0.15, 0.2) is 77.7 Å². The molecule has 0 saturated heterocycles. The van der Waals surface area contributed by atoms with Gasteiger partial charge in [-0.05, 0) is 61.4 Å². The van der Waals surface area contributed by atoms with Crippen molar-refractivity contribution in [2.75, 3.05) is 22.9 Å². The molecule has 0 N–H and O–H groups in total. The smallest absolute Gasteiger partial charge is 0.348 e. The van der Waals surface area contributed by atoms with Gasteiger partial charge in [0.2, 0.25) is 6.10 Å². The molecule has 0 bridgehead atoms. The second-order valence-electron chi connectivity index (χ2n) is 8.52. The number of methoxy groups -OCH3 is 1. The molecule has 0 aromatic heterocycles. The Balaban J connectivity index is 1.49. The minimum Gasteiger partial charge on any atom is -0.475 e. The highest BCUT2D eigenvalue weighted by Gasteiger charge is 2.38. The van der Waals surface area contributed by atoms with Crippen LogP contribution in [0.25, 0.3) is 0 Å². The number of hydrogen-bond acceptors (Lipinski definition) is 6. The summed E-state index contributed by atoms with van der Waals surface area (Å²) in [5, 5.41) is 0. The molecular weight excluding hydrogens is 468 g/mol. The Morgan fingerprint density at radius 3 is 2.43 bits per heavy atom. The third kappa shape index (κ3) is 3.91. The molecule has 0 radical (unpaired) electrons. The molecule has 2 aliphatic rings. The summed E-state index contributed by atoms with van der Waals surface area (Å²) < 4.78 is 38.7. The fourth-order valence-electron chi connectivity index (χ4n) is 4.64. The van der Waals surface area contributed by atoms with Crippen molar-refractivity contribution in [2.24, 2.45) is 0 Å². The van der Waals surface area contributed by atoms with Gasteiger partial charge >= 0.3 is 5.97 Å². The molecule has 1 amide bonds. The number of esters is 1. The Kier molecular flexibility index (Phi) is 5.72. The molecule has 3 aromatic rings. The molecule has 0 saturated carbocycles. The Hall–Kier alpha value is -3.85. The first-order chi connectivity index (χ1) is 16.8. The number of benzene rings is 3. The number of amides is 1. The fraction of sp³-hybridized carbons (Fsp3) is 0.231. The lowest BCUT2D eigenvalue weighted by atomic mass is 10.0. The van der Waals surface area contributed by atoms with Crippen LogP contribution in [0.5, 0.6) is 5.75 Å². The molecule has 9 heteroatoms. The van der Waals surface area contributed by atoms with Crippen LogP contribution in [0.2, 0.25) is 0 Å². The third-order valence-electron chi connectivity index (χ3n) is 6.26. The predicted octanol–water partition coefficient (Wildman–Crippen LogP) is 3.41. The van der Waals surface area contributed by atoms with Crippen molar-refractivity contribution in [3.63, 3.8) is 0 Å². The fourth-order valence-corrected chi connectivity index (χ4v) is 6.36. The zero-order valence-electron chi connectivity index (χ0n) is 19.2. The van der Waals surface area contributed by atoms with Crippen molar-refractivity contribution in [1.29, 1.82) is 0 Å². The van der Waals surface area contributed by atoms with Crippen LogP contribution in [0.3, 0.4) is 0 Å². The first-order valence-electron chi connectivity index (χ1n) is 11.2. The average Bonchev–Trinajstić information content (AvgIpc) is 3.23. The topological polar surface area (TPSA) is 93.2 Å². The molecule has 3 aromatic carbocycles. The Morgan fingerprint density at radius 1 is 0.971 bits per heavy atom. The van der Waals surface area contributed by atoms with E-state index in [-0.39, 0.29) is 23.4 Å². The van der Waals surface area contributed by atoms with E-state index in [4.69, 9.17) is 9.47 Å². The number of hydrogen-bond donors (Lipinski definition) is 0. The van der Waals surface area contributed by atoms with Gasteiger partial charge in [0.05, 0.1) is 29.9 Å². The first kappa shape index (κ1) is 22.9. The van der Waals surface area contributed by atoms with Crippen molar-refractivity contribution < 1.29 is 27.5 Å². The van der Waals surface area contributed by atoms with Crippen LogP contribution in [-0.2, 0) is 26.0 Å². The van der Waals surface area contributed by atoms with Crippen LogP contribution < -0.4 is 13.9 Å². The summed E-state index contributed by atoms with van der Waals surface area (Å²) in [4.78, 5) is 27.5. The highest BCUT2D eigenvalue weighted by molar-refractivity contribution is 7.92. The number of ether oxygens (including phenoxy) is 2. The molecular formula is C26H24N2O6S. The van der Waals surface area contributed by atoms with E-state index in [1.165, 1.54) is 16.3 Å². The maximum atomic E-state index is 13.6. The highest BCUT2D eigenvalue weighted by atomic mass is 32.2. The van der Waals surface area contributed by atoms with E-state index in [1.54, 1.807) is 72.8 Å². The van der Waals surface area contributed by atoms with E-state index in [2.05, 4.69) is 0 Å². The summed E-state index contributed by atoms with van der Waals surface area (Å²) in [5.74, 6) is -0.464. The number of sulfonamides is 1. The Bertz CT molecular complexity index is 1410. The summed E-state index contributed by atoms with van der Waals surface area (Å²) in [6.45, 7) is 1.85. The molecule has 180 valence electrons. The van der Waals surface area contributed by atoms with Gasteiger partial charge in [0.1, 0.15) is 5.75 Å². The summed E-state index contributed by atoms with van der Waals surface area (Å²) >= 11 is 0. The number of carbonyl (C=O) groups is 2. The molecule has 0 spiro atoms. The minimum absolute atomic E-state index is 0.00448. The van der Waals surface area contributed by atoms with Gasteiger partial charge in [0.15, 0.2) is 0 Å². The van der Waals surface area contributed by atoms with Crippen molar-refractivity contribution in [2.45, 2.75) is 30.4 Å². The van der Waals surface area contributed by atoms with Crippen molar-refractivity contribution in [3.05, 3.63) is 83.9 Å². The monoisotopic (exact) mass is 492 g/mol. The van der Waals surface area contributed by atoms with Crippen LogP contribution >= 0.6 is 0 Å². The van der Waals surface area contributed by atoms with Crippen molar-refractivity contribution in [1.82, 2.24) is 0 Å². The van der Waals surface area contributed by atoms with Crippen LogP contribution in [0, 0.1) is 0 Å². The van der Waals surface area contributed by atoms with Gasteiger partial charge in [-0.3, -0.25) is 9.10 Å². The van der Waals surface area contributed by atoms with Gasteiger partial charge in [-0.15, -0.1) is 0 Å². The Labute approximate surface area is 203 Å². The average molecular weight is 493 g/mol. The molecule has 35 heavy (non-hydrogen) atoms. The third-order valence-corrected chi connectivity index (χ3v) is 8.20. The lowest BCUT2D eigenvalue weighted by molar-refractivity contribution is -0.148. The van der Waals surface area contributed by atoms with Crippen molar-refractivity contribution >= 4 is 33.3 Å². The number of carbonyl (C=O) groups excluding carboxylic acids is 2. The summed E-state index contributed by atoms with van der Waals surface area (Å²) in [6, 6.07) is 20.0. The van der Waals surface area contributed by atoms with Gasteiger partial charge in [-0.1, -0.05) is 30.3 Å². The number of para-hydroxylation sites is 2. The number of rotatable bonds is 4. The largest absolute Gasteiger partial charge is 0.475 e. The second-order valence-corrected chi connectivity index (χ2v) is 10.3. The quantitative estimate of drug-likeness (QED) is 0.519. The van der Waals surface area contributed by atoms with Gasteiger partial charge in [-0.25, -0.2) is 13.2 Å². The van der Waals surface area contributed by atoms with E-state index in [0.29, 0.717) is 29.1 Å². The van der Waals surface area contributed by atoms with E-state index in [1.807, 2.05) is 6.92 Å². The van der Waals surface area contributed by atoms with E-state index in [9.17, 15) is 18.0 Å². The maximum absolute atomic E-state index is 13.6. The van der Waals surface area contributed by atoms with Crippen LogP contribution in [0.4, 0.5) is 11.4 Å². The number of anilines is 2. The SMILES string of the molecule is COC(=O)[C@H]1CN(C(=O)c2ccc3c(c2)C[C@H](C)N3S(=O)(=O)c2ccccc2)c2ccccc2O1. The lowest BCUT2D eigenvalue weighted by Crippen LogP contribution is -2.47. The summed E-state index contributed by atoms with van der Waals surface area (Å²) in [6.07, 6.45) is -0.465. The highest BCUT2D eigenvalue weighted by Crippen LogP contribution is 2.39. The first-order valence-corrected chi connectivity index (χ1v) is 12.6. The van der Waals surface area contributed by atoms with Crippen LogP contribution in [-0.4, -0.2) is 46.1 Å². The lowest BCUT2D eigenvalue weighted by Gasteiger charge is -2.33. The molecule has 2 atom stereocenters. The van der Waals surface area contributed by atoms with Gasteiger partial charge in [0, 0.05) is 11.6 Å². The van der Waals surface area contributed by atoms with Gasteiger partial charge in [0.25, 0.3) is 15.9 Å². The molecule has 0 unspecified atom stereocenters. The Morgan fingerprint density at radius 2 is 1.69 bits per heavy atom. The maximum Gasteiger partial charge on any atom is 0.348 e. The van der Waals surface area contributed by atoms with E-state index in [0.717, 1.165) is 5.56 Å². The van der Waals surface area contributed by atoms with Gasteiger partial charge in [-0.2, -0.15) is 0 Å². The zero-order valence-corrected chi connectivity index (χ0v) is 20.1. The molecule has 2 heterocycles. The minimum atomic E-state index is -3.74. The van der Waals surface area contributed by atoms with Crippen molar-refractivity contribution in [3.8, 4) is 5.75 Å². The normalized spacial score (nSPS) is 18.9. The standard InChI is InChI=1S/C26H24N2O6S/c1-17-14-19-15-18(12-13-21(19)28(17)35(31,32)20-8-4-3-5-9-20)25(29)27-16-24(26(30)33-2)34-23-11-7-6-10-22(23)27/h3-13,15,17,24H,14,16H2,1-2H3/t17-,24+/m0/s1. The molecule has 0 aliphatic carbocycles. The zero-order chi connectivity index (χ0) is 24.7. The number of fused-ring (bicyclic) bond motifs is 2.